The van der Waals surface area contributed by atoms with Crippen molar-refractivity contribution in [3.05, 3.63) is 59.2 Å². The summed E-state index contributed by atoms with van der Waals surface area (Å²) in [4.78, 5) is 0.257. The van der Waals surface area contributed by atoms with Crippen LogP contribution >= 0.6 is 0 Å². The van der Waals surface area contributed by atoms with Crippen molar-refractivity contribution >= 4 is 15.7 Å². The van der Waals surface area contributed by atoms with Crippen LogP contribution in [0.4, 0.5) is 5.69 Å². The molecule has 0 amide bonds. The fourth-order valence-electron chi connectivity index (χ4n) is 2.18. The molecule has 0 unspecified atom stereocenters. The topological polar surface area (TPSA) is 72.2 Å². The molecule has 2 rings (SSSR count). The molecule has 2 aromatic rings. The van der Waals surface area contributed by atoms with E-state index in [-0.39, 0.29) is 4.90 Å². The normalized spacial score (nSPS) is 11.5. The summed E-state index contributed by atoms with van der Waals surface area (Å²) in [5.74, 6) is 0. The number of hydrogen-bond acceptors (Lipinski definition) is 3. The van der Waals surface area contributed by atoms with Gasteiger partial charge in [0, 0.05) is 12.2 Å². The molecule has 0 aliphatic heterocycles. The first-order chi connectivity index (χ1) is 9.90. The Kier molecular flexibility index (Phi) is 4.65. The minimum Gasteiger partial charge on any atom is -0.398 e. The Morgan fingerprint density at radius 2 is 1.76 bits per heavy atom. The molecule has 3 N–H and O–H groups in total. The Bertz CT molecular complexity index is 725. The highest BCUT2D eigenvalue weighted by molar-refractivity contribution is 7.89. The van der Waals surface area contributed by atoms with Gasteiger partial charge in [0.1, 0.15) is 0 Å². The van der Waals surface area contributed by atoms with Gasteiger partial charge >= 0.3 is 0 Å². The van der Waals surface area contributed by atoms with Crippen LogP contribution < -0.4 is 10.5 Å². The molecular formula is C16H20N2O2S. The van der Waals surface area contributed by atoms with Gasteiger partial charge in [0.15, 0.2) is 0 Å². The fourth-order valence-corrected chi connectivity index (χ4v) is 3.57. The molecular weight excluding hydrogens is 284 g/mol. The molecule has 5 heteroatoms. The molecule has 0 aliphatic carbocycles. The SMILES string of the molecule is Cc1cc(N)c(C)c(S(=O)(=O)NCCc2ccccc2)c1. The number of rotatable bonds is 5. The Morgan fingerprint density at radius 1 is 1.10 bits per heavy atom. The van der Waals surface area contributed by atoms with Crippen LogP contribution in [0, 0.1) is 13.8 Å². The summed E-state index contributed by atoms with van der Waals surface area (Å²) in [5.41, 5.74) is 8.87. The highest BCUT2D eigenvalue weighted by atomic mass is 32.2. The third-order valence-corrected chi connectivity index (χ3v) is 4.97. The molecule has 112 valence electrons. The predicted octanol–water partition coefficient (Wildman–Crippen LogP) is 2.41. The number of nitrogen functional groups attached to an aromatic ring is 1. The Hall–Kier alpha value is -1.85. The molecule has 0 heterocycles. The maximum atomic E-state index is 12.4. The van der Waals surface area contributed by atoms with E-state index in [1.807, 2.05) is 37.3 Å². The number of sulfonamides is 1. The van der Waals surface area contributed by atoms with Crippen molar-refractivity contribution in [1.29, 1.82) is 0 Å². The molecule has 0 radical (unpaired) electrons. The van der Waals surface area contributed by atoms with E-state index < -0.39 is 10.0 Å². The van der Waals surface area contributed by atoms with Crippen molar-refractivity contribution in [3.8, 4) is 0 Å². The van der Waals surface area contributed by atoms with E-state index in [1.165, 1.54) is 0 Å². The number of anilines is 1. The van der Waals surface area contributed by atoms with Crippen LogP contribution in [0.5, 0.6) is 0 Å². The van der Waals surface area contributed by atoms with E-state index in [4.69, 9.17) is 5.73 Å². The van der Waals surface area contributed by atoms with Crippen LogP contribution in [-0.4, -0.2) is 15.0 Å². The molecule has 0 saturated heterocycles. The summed E-state index contributed by atoms with van der Waals surface area (Å²) >= 11 is 0. The molecule has 0 aliphatic rings. The summed E-state index contributed by atoms with van der Waals surface area (Å²) in [5, 5.41) is 0. The number of benzene rings is 2. The average molecular weight is 304 g/mol. The van der Waals surface area contributed by atoms with Crippen LogP contribution in [0.15, 0.2) is 47.4 Å². The highest BCUT2D eigenvalue weighted by Crippen LogP contribution is 2.22. The minimum absolute atomic E-state index is 0.257. The first kappa shape index (κ1) is 15.5. The summed E-state index contributed by atoms with van der Waals surface area (Å²) in [6.07, 6.45) is 0.653. The maximum Gasteiger partial charge on any atom is 0.240 e. The zero-order valence-corrected chi connectivity index (χ0v) is 13.1. The number of nitrogens with one attached hydrogen (secondary N) is 1. The van der Waals surface area contributed by atoms with E-state index in [0.29, 0.717) is 24.2 Å². The van der Waals surface area contributed by atoms with Gasteiger partial charge in [-0.1, -0.05) is 30.3 Å². The second kappa shape index (κ2) is 6.28. The third-order valence-electron chi connectivity index (χ3n) is 3.38. The number of aryl methyl sites for hydroxylation is 1. The molecule has 0 atom stereocenters. The van der Waals surface area contributed by atoms with Crippen LogP contribution in [0.1, 0.15) is 16.7 Å². The lowest BCUT2D eigenvalue weighted by Crippen LogP contribution is -2.27. The zero-order chi connectivity index (χ0) is 15.5. The van der Waals surface area contributed by atoms with Crippen molar-refractivity contribution in [2.75, 3.05) is 12.3 Å². The molecule has 0 saturated carbocycles. The third kappa shape index (κ3) is 3.83. The molecule has 4 nitrogen and oxygen atoms in total. The summed E-state index contributed by atoms with van der Waals surface area (Å²) in [6, 6.07) is 13.2. The average Bonchev–Trinajstić information content (AvgIpc) is 2.43. The van der Waals surface area contributed by atoms with E-state index in [1.54, 1.807) is 19.1 Å². The monoisotopic (exact) mass is 304 g/mol. The van der Waals surface area contributed by atoms with Gasteiger partial charge in [-0.15, -0.1) is 0 Å². The van der Waals surface area contributed by atoms with Crippen LogP contribution in [0.3, 0.4) is 0 Å². The van der Waals surface area contributed by atoms with Crippen molar-refractivity contribution < 1.29 is 8.42 Å². The van der Waals surface area contributed by atoms with E-state index in [2.05, 4.69) is 4.72 Å². The van der Waals surface area contributed by atoms with E-state index in [0.717, 1.165) is 11.1 Å². The van der Waals surface area contributed by atoms with Crippen molar-refractivity contribution in [2.24, 2.45) is 0 Å². The number of hydrogen-bond donors (Lipinski definition) is 2. The number of nitrogens with two attached hydrogens (primary N) is 1. The molecule has 0 aromatic heterocycles. The van der Waals surface area contributed by atoms with Crippen molar-refractivity contribution in [2.45, 2.75) is 25.2 Å². The van der Waals surface area contributed by atoms with Gasteiger partial charge in [-0.3, -0.25) is 0 Å². The van der Waals surface area contributed by atoms with Gasteiger partial charge in [0.2, 0.25) is 10.0 Å². The summed E-state index contributed by atoms with van der Waals surface area (Å²) in [7, 11) is -3.54. The minimum atomic E-state index is -3.54. The first-order valence-corrected chi connectivity index (χ1v) is 8.29. The lowest BCUT2D eigenvalue weighted by molar-refractivity contribution is 0.581. The molecule has 2 aromatic carbocycles. The highest BCUT2D eigenvalue weighted by Gasteiger charge is 2.18. The van der Waals surface area contributed by atoms with Gasteiger partial charge in [-0.05, 0) is 49.1 Å². The van der Waals surface area contributed by atoms with E-state index >= 15 is 0 Å². The second-order valence-electron chi connectivity index (χ2n) is 5.11. The van der Waals surface area contributed by atoms with Crippen molar-refractivity contribution in [1.82, 2.24) is 4.72 Å². The van der Waals surface area contributed by atoms with Crippen LogP contribution in [0.2, 0.25) is 0 Å². The van der Waals surface area contributed by atoms with Gasteiger partial charge in [-0.25, -0.2) is 13.1 Å². The zero-order valence-electron chi connectivity index (χ0n) is 12.3. The van der Waals surface area contributed by atoms with Crippen LogP contribution in [0.25, 0.3) is 0 Å². The van der Waals surface area contributed by atoms with Gasteiger partial charge < -0.3 is 5.73 Å². The molecule has 0 bridgehead atoms. The smallest absolute Gasteiger partial charge is 0.240 e. The molecule has 0 spiro atoms. The summed E-state index contributed by atoms with van der Waals surface area (Å²) in [6.45, 7) is 3.92. The van der Waals surface area contributed by atoms with Gasteiger partial charge in [-0.2, -0.15) is 0 Å². The maximum absolute atomic E-state index is 12.4. The van der Waals surface area contributed by atoms with Crippen LogP contribution in [-0.2, 0) is 16.4 Å². The molecule has 21 heavy (non-hydrogen) atoms. The standard InChI is InChI=1S/C16H20N2O2S/c1-12-10-15(17)13(2)16(11-12)21(19,20)18-9-8-14-6-4-3-5-7-14/h3-7,10-11,18H,8-9,17H2,1-2H3. The Labute approximate surface area is 126 Å². The Morgan fingerprint density at radius 3 is 2.43 bits per heavy atom. The molecule has 0 fully saturated rings. The van der Waals surface area contributed by atoms with E-state index in [9.17, 15) is 8.42 Å². The first-order valence-electron chi connectivity index (χ1n) is 6.80. The second-order valence-corrected chi connectivity index (χ2v) is 6.85. The quantitative estimate of drug-likeness (QED) is 0.833. The van der Waals surface area contributed by atoms with Crippen molar-refractivity contribution in [3.63, 3.8) is 0 Å². The van der Waals surface area contributed by atoms with Gasteiger partial charge in [0.25, 0.3) is 0 Å². The summed E-state index contributed by atoms with van der Waals surface area (Å²) < 4.78 is 27.4. The van der Waals surface area contributed by atoms with Gasteiger partial charge in [0.05, 0.1) is 4.90 Å². The fraction of sp³-hybridized carbons (Fsp3) is 0.250. The largest absolute Gasteiger partial charge is 0.398 e. The lowest BCUT2D eigenvalue weighted by Gasteiger charge is -2.12. The Balaban J connectivity index is 2.12. The predicted molar refractivity (Wildman–Crippen MR) is 85.7 cm³/mol. The lowest BCUT2D eigenvalue weighted by atomic mass is 10.1.